The van der Waals surface area contributed by atoms with Crippen molar-refractivity contribution in [3.8, 4) is 0 Å². The fourth-order valence-corrected chi connectivity index (χ4v) is 5.08. The van der Waals surface area contributed by atoms with Crippen molar-refractivity contribution in [2.24, 2.45) is 0 Å². The molecule has 1 fully saturated rings. The van der Waals surface area contributed by atoms with Gasteiger partial charge in [0.1, 0.15) is 11.9 Å². The lowest BCUT2D eigenvalue weighted by Crippen LogP contribution is -2.52. The van der Waals surface area contributed by atoms with E-state index in [0.29, 0.717) is 6.42 Å². The Kier molecular flexibility index (Phi) is 8.76. The van der Waals surface area contributed by atoms with Crippen LogP contribution in [-0.2, 0) is 29.0 Å². The molecule has 0 unspecified atom stereocenters. The number of carbonyl (C=O) groups excluding carboxylic acids is 2. The van der Waals surface area contributed by atoms with Crippen LogP contribution in [0.4, 0.5) is 4.39 Å². The number of carbonyl (C=O) groups is 2. The summed E-state index contributed by atoms with van der Waals surface area (Å²) in [6.07, 6.45) is 4.21. The van der Waals surface area contributed by atoms with Crippen LogP contribution >= 0.6 is 11.6 Å². The van der Waals surface area contributed by atoms with E-state index in [4.69, 9.17) is 11.6 Å². The molecule has 188 valence electrons. The smallest absolute Gasteiger partial charge is 0.243 e. The zero-order chi connectivity index (χ0) is 25.5. The lowest BCUT2D eigenvalue weighted by molar-refractivity contribution is -0.141. The molecule has 3 aromatic carbocycles. The third kappa shape index (κ3) is 6.52. The summed E-state index contributed by atoms with van der Waals surface area (Å²) in [6, 6.07) is 21.3. The van der Waals surface area contributed by atoms with E-state index in [0.717, 1.165) is 42.4 Å². The molecule has 36 heavy (non-hydrogen) atoms. The van der Waals surface area contributed by atoms with Crippen LogP contribution in [0.1, 0.15) is 47.9 Å². The minimum Gasteiger partial charge on any atom is -0.352 e. The van der Waals surface area contributed by atoms with Gasteiger partial charge in [0, 0.05) is 29.6 Å². The topological polar surface area (TPSA) is 49.4 Å². The Bertz CT molecular complexity index is 1170. The number of rotatable bonds is 9. The Morgan fingerprint density at radius 3 is 2.39 bits per heavy atom. The first-order valence-electron chi connectivity index (χ1n) is 12.5. The maximum atomic E-state index is 14.6. The molecule has 2 amide bonds. The minimum absolute atomic E-state index is 0.118. The first-order chi connectivity index (χ1) is 17.4. The molecular weight excluding hydrogens is 475 g/mol. The van der Waals surface area contributed by atoms with Crippen molar-refractivity contribution in [1.29, 1.82) is 0 Å². The Labute approximate surface area is 217 Å². The fourth-order valence-electron chi connectivity index (χ4n) is 4.85. The highest BCUT2D eigenvalue weighted by Crippen LogP contribution is 2.24. The van der Waals surface area contributed by atoms with Gasteiger partial charge in [-0.05, 0) is 48.6 Å². The number of aryl methyl sites for hydroxylation is 1. The Hall–Kier alpha value is -3.18. The van der Waals surface area contributed by atoms with Crippen LogP contribution in [0.3, 0.4) is 0 Å². The molecule has 1 aliphatic carbocycles. The molecule has 0 spiro atoms. The highest BCUT2D eigenvalue weighted by Gasteiger charge is 2.33. The van der Waals surface area contributed by atoms with E-state index in [-0.39, 0.29) is 41.4 Å². The number of benzene rings is 3. The fraction of sp³-hybridized carbons (Fsp3) is 0.333. The Balaban J connectivity index is 1.70. The summed E-state index contributed by atoms with van der Waals surface area (Å²) in [5, 5.41) is 3.39. The standard InChI is InChI=1S/C30H32ClFN2O2/c1-21-10-5-6-13-23(21)20-34(29(35)19-25-26(31)16-9-17-27(25)32)28(18-22-11-3-2-4-12-22)30(36)33-24-14-7-8-15-24/h2-6,9-13,16-17,24,28H,7-8,14-15,18-20H2,1H3,(H,33,36)/t28-/m1/s1. The quantitative estimate of drug-likeness (QED) is 0.385. The van der Waals surface area contributed by atoms with Gasteiger partial charge in [-0.25, -0.2) is 4.39 Å². The molecule has 1 aliphatic rings. The van der Waals surface area contributed by atoms with Crippen LogP contribution in [0.25, 0.3) is 0 Å². The van der Waals surface area contributed by atoms with Crippen LogP contribution in [-0.4, -0.2) is 28.8 Å². The van der Waals surface area contributed by atoms with Gasteiger partial charge < -0.3 is 10.2 Å². The number of nitrogens with zero attached hydrogens (tertiary/aromatic N) is 1. The summed E-state index contributed by atoms with van der Waals surface area (Å²) in [7, 11) is 0. The summed E-state index contributed by atoms with van der Waals surface area (Å²) >= 11 is 6.26. The maximum absolute atomic E-state index is 14.6. The molecule has 0 heterocycles. The number of hydrogen-bond donors (Lipinski definition) is 1. The minimum atomic E-state index is -0.745. The van der Waals surface area contributed by atoms with Crippen LogP contribution in [0.5, 0.6) is 0 Å². The summed E-state index contributed by atoms with van der Waals surface area (Å²) in [5.41, 5.74) is 3.07. The number of halogens is 2. The monoisotopic (exact) mass is 506 g/mol. The van der Waals surface area contributed by atoms with Crippen LogP contribution in [0, 0.1) is 12.7 Å². The van der Waals surface area contributed by atoms with Gasteiger partial charge >= 0.3 is 0 Å². The van der Waals surface area contributed by atoms with Crippen LogP contribution in [0.2, 0.25) is 5.02 Å². The van der Waals surface area contributed by atoms with Crippen molar-refractivity contribution in [3.05, 3.63) is 106 Å². The average Bonchev–Trinajstić information content (AvgIpc) is 3.38. The van der Waals surface area contributed by atoms with Crippen molar-refractivity contribution in [1.82, 2.24) is 10.2 Å². The van der Waals surface area contributed by atoms with Crippen molar-refractivity contribution in [3.63, 3.8) is 0 Å². The molecule has 4 rings (SSSR count). The molecule has 0 aromatic heterocycles. The van der Waals surface area contributed by atoms with Gasteiger partial charge in [-0.15, -0.1) is 0 Å². The van der Waals surface area contributed by atoms with Crippen LogP contribution in [0.15, 0.2) is 72.8 Å². The molecule has 1 atom stereocenters. The highest BCUT2D eigenvalue weighted by molar-refractivity contribution is 6.31. The van der Waals surface area contributed by atoms with Gasteiger partial charge in [-0.2, -0.15) is 0 Å². The maximum Gasteiger partial charge on any atom is 0.243 e. The summed E-state index contributed by atoms with van der Waals surface area (Å²) in [4.78, 5) is 29.1. The molecule has 0 aliphatic heterocycles. The zero-order valence-corrected chi connectivity index (χ0v) is 21.3. The molecule has 3 aromatic rings. The molecule has 0 bridgehead atoms. The second-order valence-electron chi connectivity index (χ2n) is 9.52. The van der Waals surface area contributed by atoms with E-state index >= 15 is 0 Å². The van der Waals surface area contributed by atoms with Crippen molar-refractivity contribution < 1.29 is 14.0 Å². The van der Waals surface area contributed by atoms with Gasteiger partial charge in [0.15, 0.2) is 0 Å². The molecule has 0 radical (unpaired) electrons. The van der Waals surface area contributed by atoms with Gasteiger partial charge in [-0.3, -0.25) is 9.59 Å². The van der Waals surface area contributed by atoms with E-state index in [2.05, 4.69) is 5.32 Å². The Morgan fingerprint density at radius 2 is 1.69 bits per heavy atom. The van der Waals surface area contributed by atoms with Crippen molar-refractivity contribution in [2.45, 2.75) is 64.1 Å². The van der Waals surface area contributed by atoms with E-state index in [1.54, 1.807) is 11.0 Å². The lowest BCUT2D eigenvalue weighted by Gasteiger charge is -2.33. The summed E-state index contributed by atoms with van der Waals surface area (Å²) < 4.78 is 14.6. The van der Waals surface area contributed by atoms with Gasteiger partial charge in [0.25, 0.3) is 0 Å². The zero-order valence-electron chi connectivity index (χ0n) is 20.6. The normalized spacial score (nSPS) is 14.4. The molecule has 1 saturated carbocycles. The molecule has 0 saturated heterocycles. The predicted molar refractivity (Wildman–Crippen MR) is 141 cm³/mol. The molecule has 1 N–H and O–H groups in total. The second-order valence-corrected chi connectivity index (χ2v) is 9.93. The predicted octanol–water partition coefficient (Wildman–Crippen LogP) is 6.03. The van der Waals surface area contributed by atoms with Crippen molar-refractivity contribution >= 4 is 23.4 Å². The average molecular weight is 507 g/mol. The molecular formula is C30H32ClFN2O2. The number of nitrogens with one attached hydrogen (secondary N) is 1. The SMILES string of the molecule is Cc1ccccc1CN(C(=O)Cc1c(F)cccc1Cl)[C@H](Cc1ccccc1)C(=O)NC1CCCC1. The van der Waals surface area contributed by atoms with Gasteiger partial charge in [-0.1, -0.05) is 85.1 Å². The lowest BCUT2D eigenvalue weighted by atomic mass is 10.00. The first kappa shape index (κ1) is 25.9. The number of hydrogen-bond acceptors (Lipinski definition) is 2. The van der Waals surface area contributed by atoms with Crippen LogP contribution < -0.4 is 5.32 Å². The largest absolute Gasteiger partial charge is 0.352 e. The third-order valence-electron chi connectivity index (χ3n) is 6.96. The molecule has 6 heteroatoms. The summed E-state index contributed by atoms with van der Waals surface area (Å²) in [6.45, 7) is 2.23. The van der Waals surface area contributed by atoms with E-state index in [1.165, 1.54) is 12.1 Å². The van der Waals surface area contributed by atoms with E-state index in [9.17, 15) is 14.0 Å². The first-order valence-corrected chi connectivity index (χ1v) is 12.9. The molecule has 4 nitrogen and oxygen atoms in total. The Morgan fingerprint density at radius 1 is 1.00 bits per heavy atom. The van der Waals surface area contributed by atoms with E-state index < -0.39 is 11.9 Å². The number of amides is 2. The van der Waals surface area contributed by atoms with Gasteiger partial charge in [0.2, 0.25) is 11.8 Å². The van der Waals surface area contributed by atoms with Gasteiger partial charge in [0.05, 0.1) is 6.42 Å². The highest BCUT2D eigenvalue weighted by atomic mass is 35.5. The second kappa shape index (κ2) is 12.2. The van der Waals surface area contributed by atoms with E-state index in [1.807, 2.05) is 61.5 Å². The van der Waals surface area contributed by atoms with Crippen molar-refractivity contribution in [2.75, 3.05) is 0 Å². The third-order valence-corrected chi connectivity index (χ3v) is 7.32. The summed E-state index contributed by atoms with van der Waals surface area (Å²) in [5.74, 6) is -1.04.